The van der Waals surface area contributed by atoms with E-state index in [9.17, 15) is 9.59 Å². The van der Waals surface area contributed by atoms with Gasteiger partial charge in [0.25, 0.3) is 11.8 Å². The second-order valence-corrected chi connectivity index (χ2v) is 7.61. The first kappa shape index (κ1) is 20.2. The van der Waals surface area contributed by atoms with E-state index >= 15 is 0 Å². The molecule has 6 heteroatoms. The number of halogens is 1. The molecule has 0 spiro atoms. The number of nitrogens with one attached hydrogen (secondary N) is 1. The van der Waals surface area contributed by atoms with Crippen LogP contribution in [0.25, 0.3) is 0 Å². The average molecular weight is 401 g/mol. The first-order chi connectivity index (χ1) is 13.4. The summed E-state index contributed by atoms with van der Waals surface area (Å²) >= 11 is 5.87. The Kier molecular flexibility index (Phi) is 6.57. The normalized spacial score (nSPS) is 14.6. The number of rotatable bonds is 5. The summed E-state index contributed by atoms with van der Waals surface area (Å²) < 4.78 is 5.58. The first-order valence-electron chi connectivity index (χ1n) is 9.46. The van der Waals surface area contributed by atoms with E-state index in [1.807, 2.05) is 36.9 Å². The minimum Gasteiger partial charge on any atom is -0.484 e. The third-order valence-electron chi connectivity index (χ3n) is 5.09. The van der Waals surface area contributed by atoms with Gasteiger partial charge < -0.3 is 15.0 Å². The Bertz CT molecular complexity index is 843. The summed E-state index contributed by atoms with van der Waals surface area (Å²) in [5.41, 5.74) is 2.96. The number of benzene rings is 2. The second-order valence-electron chi connectivity index (χ2n) is 7.18. The van der Waals surface area contributed by atoms with E-state index in [1.54, 1.807) is 24.3 Å². The Morgan fingerprint density at radius 2 is 1.75 bits per heavy atom. The van der Waals surface area contributed by atoms with Gasteiger partial charge in [-0.05, 0) is 74.2 Å². The molecule has 1 aliphatic heterocycles. The molecule has 2 aromatic rings. The fraction of sp³-hybridized carbons (Fsp3) is 0.364. The lowest BCUT2D eigenvalue weighted by Crippen LogP contribution is -2.47. The van der Waals surface area contributed by atoms with Crippen LogP contribution in [0.3, 0.4) is 0 Å². The third-order valence-corrected chi connectivity index (χ3v) is 5.34. The average Bonchev–Trinajstić information content (AvgIpc) is 2.69. The Morgan fingerprint density at radius 1 is 1.07 bits per heavy atom. The maximum Gasteiger partial charge on any atom is 0.258 e. The molecule has 0 unspecified atom stereocenters. The maximum atomic E-state index is 12.5. The summed E-state index contributed by atoms with van der Waals surface area (Å²) in [6.07, 6.45) is 1.46. The lowest BCUT2D eigenvalue weighted by Gasteiger charge is -2.32. The summed E-state index contributed by atoms with van der Waals surface area (Å²) in [6, 6.07) is 12.8. The van der Waals surface area contributed by atoms with Crippen molar-refractivity contribution in [2.75, 3.05) is 19.7 Å². The van der Waals surface area contributed by atoms with Crippen LogP contribution in [0.15, 0.2) is 42.5 Å². The van der Waals surface area contributed by atoms with Gasteiger partial charge in [0.2, 0.25) is 0 Å². The van der Waals surface area contributed by atoms with Crippen molar-refractivity contribution >= 4 is 23.4 Å². The Labute approximate surface area is 170 Å². The molecule has 1 N–H and O–H groups in total. The number of hydrogen-bond donors (Lipinski definition) is 1. The highest BCUT2D eigenvalue weighted by molar-refractivity contribution is 6.30. The van der Waals surface area contributed by atoms with Gasteiger partial charge in [0.1, 0.15) is 5.75 Å². The highest BCUT2D eigenvalue weighted by Gasteiger charge is 2.24. The van der Waals surface area contributed by atoms with Crippen LogP contribution in [0.2, 0.25) is 5.02 Å². The van der Waals surface area contributed by atoms with Crippen molar-refractivity contribution in [3.63, 3.8) is 0 Å². The van der Waals surface area contributed by atoms with Gasteiger partial charge in [0.15, 0.2) is 6.61 Å². The fourth-order valence-electron chi connectivity index (χ4n) is 3.22. The Hall–Kier alpha value is -2.53. The van der Waals surface area contributed by atoms with Crippen LogP contribution >= 0.6 is 11.6 Å². The SMILES string of the molecule is Cc1ccc(OCC(=O)NC2CCN(C(=O)c3ccc(Cl)cc3)CC2)cc1C. The van der Waals surface area contributed by atoms with Gasteiger partial charge in [-0.25, -0.2) is 0 Å². The molecular formula is C22H25ClN2O3. The molecular weight excluding hydrogens is 376 g/mol. The van der Waals surface area contributed by atoms with E-state index in [0.717, 1.165) is 18.4 Å². The number of aryl methyl sites for hydroxylation is 2. The zero-order valence-electron chi connectivity index (χ0n) is 16.2. The van der Waals surface area contributed by atoms with Crippen LogP contribution in [-0.2, 0) is 4.79 Å². The predicted octanol–water partition coefficient (Wildman–Crippen LogP) is 3.76. The second kappa shape index (κ2) is 9.11. The van der Waals surface area contributed by atoms with Crippen molar-refractivity contribution in [2.24, 2.45) is 0 Å². The summed E-state index contributed by atoms with van der Waals surface area (Å²) in [5.74, 6) is 0.557. The van der Waals surface area contributed by atoms with Gasteiger partial charge in [-0.15, -0.1) is 0 Å². The molecule has 0 bridgehead atoms. The van der Waals surface area contributed by atoms with E-state index in [2.05, 4.69) is 5.32 Å². The number of ether oxygens (including phenoxy) is 1. The lowest BCUT2D eigenvalue weighted by atomic mass is 10.0. The van der Waals surface area contributed by atoms with Crippen LogP contribution in [0.1, 0.15) is 34.3 Å². The van der Waals surface area contributed by atoms with Crippen molar-refractivity contribution in [1.82, 2.24) is 10.2 Å². The smallest absolute Gasteiger partial charge is 0.258 e. The molecule has 0 aliphatic carbocycles. The molecule has 0 saturated carbocycles. The van der Waals surface area contributed by atoms with Gasteiger partial charge in [0.05, 0.1) is 0 Å². The fourth-order valence-corrected chi connectivity index (χ4v) is 3.35. The number of nitrogens with zero attached hydrogens (tertiary/aromatic N) is 1. The van der Waals surface area contributed by atoms with E-state index in [4.69, 9.17) is 16.3 Å². The highest BCUT2D eigenvalue weighted by atomic mass is 35.5. The van der Waals surface area contributed by atoms with Crippen LogP contribution in [0.4, 0.5) is 0 Å². The van der Waals surface area contributed by atoms with Crippen molar-refractivity contribution in [3.8, 4) is 5.75 Å². The molecule has 5 nitrogen and oxygen atoms in total. The van der Waals surface area contributed by atoms with Gasteiger partial charge in [-0.3, -0.25) is 9.59 Å². The molecule has 1 heterocycles. The monoisotopic (exact) mass is 400 g/mol. The first-order valence-corrected chi connectivity index (χ1v) is 9.84. The van der Waals surface area contributed by atoms with E-state index in [0.29, 0.717) is 29.4 Å². The predicted molar refractivity (Wildman–Crippen MR) is 110 cm³/mol. The Morgan fingerprint density at radius 3 is 2.39 bits per heavy atom. The van der Waals surface area contributed by atoms with Gasteiger partial charge >= 0.3 is 0 Å². The number of amides is 2. The molecule has 2 amide bonds. The van der Waals surface area contributed by atoms with Crippen LogP contribution in [-0.4, -0.2) is 42.5 Å². The van der Waals surface area contributed by atoms with Crippen molar-refractivity contribution in [2.45, 2.75) is 32.7 Å². The molecule has 148 valence electrons. The zero-order chi connectivity index (χ0) is 20.1. The molecule has 1 aliphatic rings. The largest absolute Gasteiger partial charge is 0.484 e. The minimum absolute atomic E-state index is 0.000447. The van der Waals surface area contributed by atoms with Gasteiger partial charge in [0, 0.05) is 29.7 Å². The van der Waals surface area contributed by atoms with E-state index in [-0.39, 0.29) is 24.5 Å². The highest BCUT2D eigenvalue weighted by Crippen LogP contribution is 2.17. The maximum absolute atomic E-state index is 12.5. The molecule has 1 saturated heterocycles. The third kappa shape index (κ3) is 5.26. The molecule has 0 atom stereocenters. The topological polar surface area (TPSA) is 58.6 Å². The molecule has 3 rings (SSSR count). The van der Waals surface area contributed by atoms with E-state index < -0.39 is 0 Å². The van der Waals surface area contributed by atoms with Gasteiger partial charge in [-0.2, -0.15) is 0 Å². The van der Waals surface area contributed by atoms with Crippen molar-refractivity contribution in [1.29, 1.82) is 0 Å². The number of likely N-dealkylation sites (tertiary alicyclic amines) is 1. The Balaban J connectivity index is 1.43. The summed E-state index contributed by atoms with van der Waals surface area (Å²) in [6.45, 7) is 5.28. The van der Waals surface area contributed by atoms with Gasteiger partial charge in [-0.1, -0.05) is 17.7 Å². The molecule has 0 aromatic heterocycles. The number of carbonyl (C=O) groups is 2. The molecule has 0 radical (unpaired) electrons. The molecule has 2 aromatic carbocycles. The summed E-state index contributed by atoms with van der Waals surface area (Å²) in [7, 11) is 0. The number of carbonyl (C=O) groups excluding carboxylic acids is 2. The van der Waals surface area contributed by atoms with Crippen LogP contribution in [0.5, 0.6) is 5.75 Å². The van der Waals surface area contributed by atoms with Crippen molar-refractivity contribution < 1.29 is 14.3 Å². The molecule has 1 fully saturated rings. The standard InChI is InChI=1S/C22H25ClN2O3/c1-15-3-8-20(13-16(15)2)28-14-21(26)24-19-9-11-25(12-10-19)22(27)17-4-6-18(23)7-5-17/h3-8,13,19H,9-12,14H2,1-2H3,(H,24,26). The number of hydrogen-bond acceptors (Lipinski definition) is 3. The summed E-state index contributed by atoms with van der Waals surface area (Å²) in [4.78, 5) is 26.5. The van der Waals surface area contributed by atoms with E-state index in [1.165, 1.54) is 5.56 Å². The quantitative estimate of drug-likeness (QED) is 0.831. The van der Waals surface area contributed by atoms with Crippen LogP contribution < -0.4 is 10.1 Å². The lowest BCUT2D eigenvalue weighted by molar-refractivity contribution is -0.124. The van der Waals surface area contributed by atoms with Crippen molar-refractivity contribution in [3.05, 3.63) is 64.2 Å². The minimum atomic E-state index is -0.138. The summed E-state index contributed by atoms with van der Waals surface area (Å²) in [5, 5.41) is 3.61. The number of piperidine rings is 1. The molecule has 28 heavy (non-hydrogen) atoms. The van der Waals surface area contributed by atoms with Crippen LogP contribution in [0, 0.1) is 13.8 Å². The zero-order valence-corrected chi connectivity index (χ0v) is 17.0.